The van der Waals surface area contributed by atoms with Gasteiger partial charge >= 0.3 is 0 Å². The van der Waals surface area contributed by atoms with Crippen molar-refractivity contribution in [3.63, 3.8) is 0 Å². The maximum absolute atomic E-state index is 11.6. The van der Waals surface area contributed by atoms with Crippen LogP contribution in [0.2, 0.25) is 0 Å². The molecule has 0 aliphatic carbocycles. The third-order valence-corrected chi connectivity index (χ3v) is 2.54. The van der Waals surface area contributed by atoms with Gasteiger partial charge in [-0.05, 0) is 29.8 Å². The minimum absolute atomic E-state index is 0.0460. The first-order valence-electron chi connectivity index (χ1n) is 5.69. The van der Waals surface area contributed by atoms with Crippen LogP contribution in [0.4, 0.5) is 5.69 Å². The minimum atomic E-state index is -0.115. The van der Waals surface area contributed by atoms with Gasteiger partial charge < -0.3 is 11.1 Å². The van der Waals surface area contributed by atoms with Crippen molar-refractivity contribution >= 4 is 22.4 Å². The van der Waals surface area contributed by atoms with E-state index in [1.807, 2.05) is 49.4 Å². The fourth-order valence-electron chi connectivity index (χ4n) is 1.77. The lowest BCUT2D eigenvalue weighted by Crippen LogP contribution is -2.23. The first-order valence-corrected chi connectivity index (χ1v) is 5.69. The Bertz CT molecular complexity index is 534. The van der Waals surface area contributed by atoms with Gasteiger partial charge in [0, 0.05) is 18.2 Å². The SMILES string of the molecule is CC(N)CC(=O)Nc1ccc2ccccc2c1. The van der Waals surface area contributed by atoms with Gasteiger partial charge in [0.2, 0.25) is 5.91 Å². The number of nitrogens with one attached hydrogen (secondary N) is 1. The largest absolute Gasteiger partial charge is 0.327 e. The Morgan fingerprint density at radius 1 is 1.24 bits per heavy atom. The number of carbonyl (C=O) groups excluding carboxylic acids is 1. The summed E-state index contributed by atoms with van der Waals surface area (Å²) < 4.78 is 0. The van der Waals surface area contributed by atoms with Gasteiger partial charge in [-0.2, -0.15) is 0 Å². The predicted molar refractivity (Wildman–Crippen MR) is 70.8 cm³/mol. The van der Waals surface area contributed by atoms with E-state index in [-0.39, 0.29) is 11.9 Å². The Morgan fingerprint density at radius 2 is 1.94 bits per heavy atom. The molecule has 2 rings (SSSR count). The maximum atomic E-state index is 11.6. The smallest absolute Gasteiger partial charge is 0.225 e. The fraction of sp³-hybridized carbons (Fsp3) is 0.214. The lowest BCUT2D eigenvalue weighted by atomic mass is 10.1. The Morgan fingerprint density at radius 3 is 2.65 bits per heavy atom. The van der Waals surface area contributed by atoms with Crippen LogP contribution in [0.3, 0.4) is 0 Å². The molecule has 88 valence electrons. The van der Waals surface area contributed by atoms with Crippen molar-refractivity contribution in [3.05, 3.63) is 42.5 Å². The Labute approximate surface area is 101 Å². The second-order valence-electron chi connectivity index (χ2n) is 4.29. The molecule has 0 aliphatic heterocycles. The van der Waals surface area contributed by atoms with Crippen LogP contribution in [0.15, 0.2) is 42.5 Å². The van der Waals surface area contributed by atoms with Gasteiger partial charge in [-0.3, -0.25) is 4.79 Å². The molecule has 3 N–H and O–H groups in total. The van der Waals surface area contributed by atoms with E-state index in [9.17, 15) is 4.79 Å². The first-order chi connectivity index (χ1) is 8.15. The molecule has 2 aromatic rings. The Balaban J connectivity index is 2.17. The second-order valence-corrected chi connectivity index (χ2v) is 4.29. The monoisotopic (exact) mass is 228 g/mol. The van der Waals surface area contributed by atoms with Crippen molar-refractivity contribution in [1.29, 1.82) is 0 Å². The Hall–Kier alpha value is -1.87. The molecule has 2 aromatic carbocycles. The van der Waals surface area contributed by atoms with Gasteiger partial charge in [-0.25, -0.2) is 0 Å². The zero-order valence-corrected chi connectivity index (χ0v) is 9.81. The topological polar surface area (TPSA) is 55.1 Å². The highest BCUT2D eigenvalue weighted by molar-refractivity contribution is 5.94. The molecule has 0 aliphatic rings. The highest BCUT2D eigenvalue weighted by Crippen LogP contribution is 2.18. The zero-order valence-electron chi connectivity index (χ0n) is 9.81. The van der Waals surface area contributed by atoms with Gasteiger partial charge in [0.1, 0.15) is 0 Å². The van der Waals surface area contributed by atoms with Gasteiger partial charge in [-0.15, -0.1) is 0 Å². The predicted octanol–water partition coefficient (Wildman–Crippen LogP) is 2.52. The Kier molecular flexibility index (Phi) is 3.40. The molecule has 0 saturated heterocycles. The highest BCUT2D eigenvalue weighted by Gasteiger charge is 2.05. The molecular formula is C14H16N2O. The number of amides is 1. The van der Waals surface area contributed by atoms with Crippen LogP contribution in [0, 0.1) is 0 Å². The average Bonchev–Trinajstić information content (AvgIpc) is 2.27. The van der Waals surface area contributed by atoms with Crippen LogP contribution in [-0.2, 0) is 4.79 Å². The van der Waals surface area contributed by atoms with Crippen molar-refractivity contribution in [2.45, 2.75) is 19.4 Å². The quantitative estimate of drug-likeness (QED) is 0.848. The molecule has 0 heterocycles. The maximum Gasteiger partial charge on any atom is 0.225 e. The van der Waals surface area contributed by atoms with Crippen molar-refractivity contribution in [1.82, 2.24) is 0 Å². The number of anilines is 1. The fourth-order valence-corrected chi connectivity index (χ4v) is 1.77. The number of nitrogens with two attached hydrogens (primary N) is 1. The molecule has 0 spiro atoms. The minimum Gasteiger partial charge on any atom is -0.327 e. The third kappa shape index (κ3) is 3.04. The number of fused-ring (bicyclic) bond motifs is 1. The van der Waals surface area contributed by atoms with E-state index in [0.717, 1.165) is 16.5 Å². The van der Waals surface area contributed by atoms with Crippen LogP contribution in [0.25, 0.3) is 10.8 Å². The van der Waals surface area contributed by atoms with Crippen LogP contribution < -0.4 is 11.1 Å². The summed E-state index contributed by atoms with van der Waals surface area (Å²) in [5, 5.41) is 5.13. The first kappa shape index (κ1) is 11.6. The molecular weight excluding hydrogens is 212 g/mol. The lowest BCUT2D eigenvalue weighted by Gasteiger charge is -2.08. The third-order valence-electron chi connectivity index (χ3n) is 2.54. The van der Waals surface area contributed by atoms with Crippen LogP contribution in [-0.4, -0.2) is 11.9 Å². The van der Waals surface area contributed by atoms with Crippen LogP contribution >= 0.6 is 0 Å². The summed E-state index contributed by atoms with van der Waals surface area (Å²) in [6, 6.07) is 13.8. The molecule has 0 aromatic heterocycles. The van der Waals surface area contributed by atoms with Gasteiger partial charge in [0.05, 0.1) is 0 Å². The normalized spacial score (nSPS) is 12.4. The van der Waals surface area contributed by atoms with E-state index in [2.05, 4.69) is 5.32 Å². The van der Waals surface area contributed by atoms with Crippen LogP contribution in [0.1, 0.15) is 13.3 Å². The summed E-state index contributed by atoms with van der Waals surface area (Å²) in [7, 11) is 0. The molecule has 1 amide bonds. The molecule has 0 radical (unpaired) electrons. The van der Waals surface area contributed by atoms with Crippen molar-refractivity contribution in [3.8, 4) is 0 Å². The van der Waals surface area contributed by atoms with Gasteiger partial charge in [-0.1, -0.05) is 30.3 Å². The van der Waals surface area contributed by atoms with E-state index in [0.29, 0.717) is 6.42 Å². The molecule has 1 atom stereocenters. The van der Waals surface area contributed by atoms with Gasteiger partial charge in [0.25, 0.3) is 0 Å². The summed E-state index contributed by atoms with van der Waals surface area (Å²) >= 11 is 0. The summed E-state index contributed by atoms with van der Waals surface area (Å²) in [5.41, 5.74) is 6.39. The van der Waals surface area contributed by atoms with E-state index in [4.69, 9.17) is 5.73 Å². The number of carbonyl (C=O) groups is 1. The standard InChI is InChI=1S/C14H16N2O/c1-10(15)8-14(17)16-13-7-6-11-4-2-3-5-12(11)9-13/h2-7,9-10H,8,15H2,1H3,(H,16,17). The van der Waals surface area contributed by atoms with E-state index < -0.39 is 0 Å². The number of hydrogen-bond acceptors (Lipinski definition) is 2. The molecule has 0 bridgehead atoms. The molecule has 1 unspecified atom stereocenters. The molecule has 3 heteroatoms. The highest BCUT2D eigenvalue weighted by atomic mass is 16.1. The van der Waals surface area contributed by atoms with E-state index in [1.54, 1.807) is 0 Å². The number of hydrogen-bond donors (Lipinski definition) is 2. The van der Waals surface area contributed by atoms with Gasteiger partial charge in [0.15, 0.2) is 0 Å². The summed E-state index contributed by atoms with van der Waals surface area (Å²) in [6.45, 7) is 1.82. The number of rotatable bonds is 3. The summed E-state index contributed by atoms with van der Waals surface area (Å²) in [5.74, 6) is -0.0460. The lowest BCUT2D eigenvalue weighted by molar-refractivity contribution is -0.116. The van der Waals surface area contributed by atoms with Crippen LogP contribution in [0.5, 0.6) is 0 Å². The van der Waals surface area contributed by atoms with E-state index >= 15 is 0 Å². The van der Waals surface area contributed by atoms with Crippen molar-refractivity contribution in [2.75, 3.05) is 5.32 Å². The molecule has 17 heavy (non-hydrogen) atoms. The molecule has 3 nitrogen and oxygen atoms in total. The zero-order chi connectivity index (χ0) is 12.3. The molecule has 0 fully saturated rings. The summed E-state index contributed by atoms with van der Waals surface area (Å²) in [6.07, 6.45) is 0.340. The average molecular weight is 228 g/mol. The summed E-state index contributed by atoms with van der Waals surface area (Å²) in [4.78, 5) is 11.6. The van der Waals surface area contributed by atoms with E-state index in [1.165, 1.54) is 0 Å². The second kappa shape index (κ2) is 4.97. The van der Waals surface area contributed by atoms with Crippen molar-refractivity contribution in [2.24, 2.45) is 5.73 Å². The number of benzene rings is 2. The van der Waals surface area contributed by atoms with Crippen molar-refractivity contribution < 1.29 is 4.79 Å². The molecule has 0 saturated carbocycles.